The minimum atomic E-state index is -0.358. The smallest absolute Gasteiger partial charge is 0.178 e. The van der Waals surface area contributed by atoms with Crippen molar-refractivity contribution < 1.29 is 9.18 Å². The van der Waals surface area contributed by atoms with Crippen LogP contribution in [0.5, 0.6) is 0 Å². The summed E-state index contributed by atoms with van der Waals surface area (Å²) in [5.41, 5.74) is 1.98. The van der Waals surface area contributed by atoms with E-state index in [-0.39, 0.29) is 24.7 Å². The number of rotatable bonds is 5. The maximum Gasteiger partial charge on any atom is 0.178 e. The molecule has 0 aliphatic heterocycles. The van der Waals surface area contributed by atoms with E-state index in [1.54, 1.807) is 30.3 Å². The number of hydrogen-bond acceptors (Lipinski definition) is 2. The fraction of sp³-hybridized carbons (Fsp3) is 0.167. The SMILES string of the molecule is CN(CC(=O)c1c[nH]c2ccccc12)Cc1c(F)cccc1Cl. The van der Waals surface area contributed by atoms with E-state index in [0.29, 0.717) is 16.1 Å². The molecule has 23 heavy (non-hydrogen) atoms. The number of aromatic amines is 1. The highest BCUT2D eigenvalue weighted by molar-refractivity contribution is 6.31. The molecule has 0 fully saturated rings. The van der Waals surface area contributed by atoms with E-state index in [0.717, 1.165) is 10.9 Å². The minimum absolute atomic E-state index is 0.0163. The second kappa shape index (κ2) is 6.52. The molecule has 1 heterocycles. The van der Waals surface area contributed by atoms with E-state index in [1.807, 2.05) is 24.3 Å². The summed E-state index contributed by atoms with van der Waals surface area (Å²) >= 11 is 6.03. The van der Waals surface area contributed by atoms with Crippen molar-refractivity contribution in [2.24, 2.45) is 0 Å². The van der Waals surface area contributed by atoms with Gasteiger partial charge in [-0.25, -0.2) is 4.39 Å². The number of likely N-dealkylation sites (N-methyl/N-ethyl adjacent to an activating group) is 1. The third-order valence-electron chi connectivity index (χ3n) is 3.79. The Labute approximate surface area is 138 Å². The molecule has 3 nitrogen and oxygen atoms in total. The number of Topliss-reactive ketones (excluding diaryl/α,β-unsaturated/α-hetero) is 1. The first-order valence-electron chi connectivity index (χ1n) is 7.27. The van der Waals surface area contributed by atoms with E-state index >= 15 is 0 Å². The summed E-state index contributed by atoms with van der Waals surface area (Å²) in [6, 6.07) is 12.2. The molecule has 1 N–H and O–H groups in total. The first-order valence-corrected chi connectivity index (χ1v) is 7.65. The molecule has 118 valence electrons. The fourth-order valence-corrected chi connectivity index (χ4v) is 2.86. The van der Waals surface area contributed by atoms with E-state index in [4.69, 9.17) is 11.6 Å². The number of H-pyrrole nitrogens is 1. The Morgan fingerprint density at radius 1 is 1.22 bits per heavy atom. The normalized spacial score (nSPS) is 11.3. The lowest BCUT2D eigenvalue weighted by atomic mass is 10.1. The second-order valence-electron chi connectivity index (χ2n) is 5.54. The Morgan fingerprint density at radius 2 is 2.00 bits per heavy atom. The maximum atomic E-state index is 13.8. The van der Waals surface area contributed by atoms with Gasteiger partial charge in [0.05, 0.1) is 6.54 Å². The first-order chi connectivity index (χ1) is 11.1. The van der Waals surface area contributed by atoms with E-state index in [9.17, 15) is 9.18 Å². The largest absolute Gasteiger partial charge is 0.360 e. The predicted octanol–water partition coefficient (Wildman–Crippen LogP) is 4.28. The number of halogens is 2. The van der Waals surface area contributed by atoms with Crippen molar-refractivity contribution >= 4 is 28.3 Å². The summed E-state index contributed by atoms with van der Waals surface area (Å²) in [7, 11) is 1.77. The standard InChI is InChI=1S/C18H16ClFN2O/c1-22(10-14-15(19)6-4-7-16(14)20)11-18(23)13-9-21-17-8-3-2-5-12(13)17/h2-9,21H,10-11H2,1H3. The van der Waals surface area contributed by atoms with Gasteiger partial charge in [-0.2, -0.15) is 0 Å². The van der Waals surface area contributed by atoms with Crippen molar-refractivity contribution in [3.8, 4) is 0 Å². The van der Waals surface area contributed by atoms with Gasteiger partial charge in [0.25, 0.3) is 0 Å². The predicted molar refractivity (Wildman–Crippen MR) is 90.4 cm³/mol. The van der Waals surface area contributed by atoms with Crippen LogP contribution in [0.25, 0.3) is 10.9 Å². The summed E-state index contributed by atoms with van der Waals surface area (Å²) in [5.74, 6) is -0.374. The van der Waals surface area contributed by atoms with Gasteiger partial charge in [0.1, 0.15) is 5.82 Å². The number of nitrogens with one attached hydrogen (secondary N) is 1. The molecule has 0 atom stereocenters. The summed E-state index contributed by atoms with van der Waals surface area (Å²) in [6.45, 7) is 0.464. The lowest BCUT2D eigenvalue weighted by Gasteiger charge is -2.17. The average molecular weight is 331 g/mol. The van der Waals surface area contributed by atoms with Crippen LogP contribution in [-0.2, 0) is 6.54 Å². The average Bonchev–Trinajstić information content (AvgIpc) is 2.95. The highest BCUT2D eigenvalue weighted by atomic mass is 35.5. The zero-order chi connectivity index (χ0) is 16.4. The number of aromatic nitrogens is 1. The Hall–Kier alpha value is -2.17. The highest BCUT2D eigenvalue weighted by Gasteiger charge is 2.16. The molecule has 1 aromatic heterocycles. The molecule has 0 unspecified atom stereocenters. The van der Waals surface area contributed by atoms with Crippen LogP contribution in [0.15, 0.2) is 48.7 Å². The van der Waals surface area contributed by atoms with Gasteiger partial charge in [0.15, 0.2) is 5.78 Å². The number of para-hydroxylation sites is 1. The number of nitrogens with zero attached hydrogens (tertiary/aromatic N) is 1. The molecule has 0 aliphatic carbocycles. The van der Waals surface area contributed by atoms with Crippen molar-refractivity contribution in [3.63, 3.8) is 0 Å². The van der Waals surface area contributed by atoms with Crippen LogP contribution in [0.2, 0.25) is 5.02 Å². The maximum absolute atomic E-state index is 13.8. The Kier molecular flexibility index (Phi) is 4.46. The topological polar surface area (TPSA) is 36.1 Å². The number of carbonyl (C=O) groups excluding carboxylic acids is 1. The molecule has 0 saturated carbocycles. The van der Waals surface area contributed by atoms with Crippen molar-refractivity contribution in [2.45, 2.75) is 6.54 Å². The van der Waals surface area contributed by atoms with E-state index in [2.05, 4.69) is 4.98 Å². The van der Waals surface area contributed by atoms with Crippen LogP contribution in [0.3, 0.4) is 0 Å². The lowest BCUT2D eigenvalue weighted by molar-refractivity contribution is 0.0944. The Balaban J connectivity index is 1.75. The van der Waals surface area contributed by atoms with Crippen LogP contribution in [-0.4, -0.2) is 29.3 Å². The van der Waals surface area contributed by atoms with Crippen LogP contribution in [0.1, 0.15) is 15.9 Å². The zero-order valence-corrected chi connectivity index (χ0v) is 13.4. The molecule has 0 saturated heterocycles. The molecular formula is C18H16ClFN2O. The molecule has 0 aliphatic rings. The number of carbonyl (C=O) groups is 1. The zero-order valence-electron chi connectivity index (χ0n) is 12.6. The number of ketones is 1. The fourth-order valence-electron chi connectivity index (χ4n) is 2.64. The van der Waals surface area contributed by atoms with Gasteiger partial charge in [-0.05, 0) is 25.2 Å². The lowest BCUT2D eigenvalue weighted by Crippen LogP contribution is -2.26. The molecule has 0 bridgehead atoms. The Morgan fingerprint density at radius 3 is 2.78 bits per heavy atom. The van der Waals surface area contributed by atoms with Gasteiger partial charge in [-0.3, -0.25) is 9.69 Å². The number of benzene rings is 2. The third-order valence-corrected chi connectivity index (χ3v) is 4.15. The van der Waals surface area contributed by atoms with E-state index in [1.165, 1.54) is 6.07 Å². The van der Waals surface area contributed by atoms with Crippen LogP contribution in [0, 0.1) is 5.82 Å². The van der Waals surface area contributed by atoms with Crippen LogP contribution < -0.4 is 0 Å². The van der Waals surface area contributed by atoms with Gasteiger partial charge in [-0.1, -0.05) is 35.9 Å². The highest BCUT2D eigenvalue weighted by Crippen LogP contribution is 2.21. The summed E-state index contributed by atoms with van der Waals surface area (Å²) in [4.78, 5) is 17.3. The monoisotopic (exact) mass is 330 g/mol. The van der Waals surface area contributed by atoms with Crippen molar-refractivity contribution in [1.29, 1.82) is 0 Å². The number of fused-ring (bicyclic) bond motifs is 1. The minimum Gasteiger partial charge on any atom is -0.360 e. The van der Waals surface area contributed by atoms with Gasteiger partial charge in [0, 0.05) is 39.8 Å². The summed E-state index contributed by atoms with van der Waals surface area (Å²) in [6.07, 6.45) is 1.72. The molecule has 5 heteroatoms. The van der Waals surface area contributed by atoms with Crippen molar-refractivity contribution in [3.05, 3.63) is 70.6 Å². The van der Waals surface area contributed by atoms with Crippen molar-refractivity contribution in [2.75, 3.05) is 13.6 Å². The summed E-state index contributed by atoms with van der Waals surface area (Å²) < 4.78 is 13.8. The third kappa shape index (κ3) is 3.28. The molecule has 3 rings (SSSR count). The Bertz CT molecular complexity index is 839. The van der Waals surface area contributed by atoms with Crippen LogP contribution in [0.4, 0.5) is 4.39 Å². The molecule has 0 spiro atoms. The molecular weight excluding hydrogens is 315 g/mol. The van der Waals surface area contributed by atoms with Crippen LogP contribution >= 0.6 is 11.6 Å². The van der Waals surface area contributed by atoms with Gasteiger partial charge < -0.3 is 4.98 Å². The number of hydrogen-bond donors (Lipinski definition) is 1. The quantitative estimate of drug-likeness (QED) is 0.709. The molecule has 0 amide bonds. The van der Waals surface area contributed by atoms with Gasteiger partial charge in [0.2, 0.25) is 0 Å². The molecule has 2 aromatic carbocycles. The van der Waals surface area contributed by atoms with E-state index < -0.39 is 0 Å². The molecule has 0 radical (unpaired) electrons. The second-order valence-corrected chi connectivity index (χ2v) is 5.95. The van der Waals surface area contributed by atoms with Gasteiger partial charge in [-0.15, -0.1) is 0 Å². The first kappa shape index (κ1) is 15.7. The summed E-state index contributed by atoms with van der Waals surface area (Å²) in [5, 5.41) is 1.27. The van der Waals surface area contributed by atoms with Crippen molar-refractivity contribution in [1.82, 2.24) is 9.88 Å². The molecule has 3 aromatic rings. The van der Waals surface area contributed by atoms with Gasteiger partial charge >= 0.3 is 0 Å².